The predicted molar refractivity (Wildman–Crippen MR) is 134 cm³/mol. The van der Waals surface area contributed by atoms with Crippen molar-refractivity contribution >= 4 is 39.3 Å². The second-order valence-corrected chi connectivity index (χ2v) is 8.85. The van der Waals surface area contributed by atoms with Crippen molar-refractivity contribution in [1.29, 1.82) is 0 Å². The van der Waals surface area contributed by atoms with E-state index in [-0.39, 0.29) is 17.2 Å². The van der Waals surface area contributed by atoms with Crippen molar-refractivity contribution in [2.24, 2.45) is 4.99 Å². The molecule has 1 fully saturated rings. The molecule has 164 valence electrons. The molecule has 1 aromatic heterocycles. The number of carbonyl (C=O) groups is 1. The lowest BCUT2D eigenvalue weighted by Crippen LogP contribution is -2.40. The molecule has 1 amide bonds. The van der Waals surface area contributed by atoms with Gasteiger partial charge >= 0.3 is 0 Å². The number of hydrogen-bond donors (Lipinski definition) is 0. The van der Waals surface area contributed by atoms with Gasteiger partial charge in [0.1, 0.15) is 0 Å². The highest BCUT2D eigenvalue weighted by Gasteiger charge is 2.28. The molecule has 4 aromatic rings. The molecule has 2 heterocycles. The zero-order valence-electron chi connectivity index (χ0n) is 18.1. The number of amides is 1. The fraction of sp³-hybridized carbons (Fsp3) is 0.154. The maximum absolute atomic E-state index is 13.8. The van der Waals surface area contributed by atoms with Crippen LogP contribution in [0.5, 0.6) is 0 Å². The van der Waals surface area contributed by atoms with E-state index >= 15 is 0 Å². The molecule has 1 aliphatic rings. The van der Waals surface area contributed by atoms with Crippen LogP contribution in [-0.2, 0) is 0 Å². The van der Waals surface area contributed by atoms with Crippen molar-refractivity contribution in [3.63, 3.8) is 0 Å². The van der Waals surface area contributed by atoms with E-state index in [1.807, 2.05) is 55.5 Å². The van der Waals surface area contributed by atoms with E-state index in [0.29, 0.717) is 28.2 Å². The van der Waals surface area contributed by atoms with E-state index in [1.165, 1.54) is 4.68 Å². The van der Waals surface area contributed by atoms with E-state index in [4.69, 9.17) is 4.99 Å². The number of thioether (sulfide) groups is 1. The van der Waals surface area contributed by atoms with Gasteiger partial charge in [0.2, 0.25) is 0 Å². The Kier molecular flexibility index (Phi) is 5.79. The van der Waals surface area contributed by atoms with E-state index in [0.717, 1.165) is 23.4 Å². The monoisotopic (exact) mass is 454 g/mol. The van der Waals surface area contributed by atoms with Crippen molar-refractivity contribution in [1.82, 2.24) is 14.7 Å². The van der Waals surface area contributed by atoms with Crippen molar-refractivity contribution in [2.45, 2.75) is 13.3 Å². The predicted octanol–water partition coefficient (Wildman–Crippen LogP) is 4.96. The first-order chi connectivity index (χ1) is 16.1. The summed E-state index contributed by atoms with van der Waals surface area (Å²) in [6.07, 6.45) is 0.861. The summed E-state index contributed by atoms with van der Waals surface area (Å²) in [6.45, 7) is 2.56. The fourth-order valence-corrected chi connectivity index (χ4v) is 4.80. The topological polar surface area (TPSA) is 67.6 Å². The van der Waals surface area contributed by atoms with Crippen LogP contribution < -0.4 is 5.56 Å². The summed E-state index contributed by atoms with van der Waals surface area (Å²) >= 11 is 1.57. The Morgan fingerprint density at radius 1 is 0.939 bits per heavy atom. The van der Waals surface area contributed by atoms with E-state index < -0.39 is 0 Å². The van der Waals surface area contributed by atoms with Crippen LogP contribution in [0.4, 0.5) is 5.69 Å². The molecular formula is C26H22N4O2S. The maximum Gasteiger partial charge on any atom is 0.280 e. The van der Waals surface area contributed by atoms with E-state index in [9.17, 15) is 9.59 Å². The van der Waals surface area contributed by atoms with Gasteiger partial charge in [0.15, 0.2) is 10.9 Å². The molecule has 0 atom stereocenters. The first kappa shape index (κ1) is 21.2. The first-order valence-electron chi connectivity index (χ1n) is 10.8. The average Bonchev–Trinajstić information content (AvgIpc) is 2.86. The molecular weight excluding hydrogens is 432 g/mol. The molecule has 0 spiro atoms. The summed E-state index contributed by atoms with van der Waals surface area (Å²) in [4.78, 5) is 33.5. The smallest absolute Gasteiger partial charge is 0.280 e. The Hall–Kier alpha value is -3.71. The minimum atomic E-state index is -0.254. The van der Waals surface area contributed by atoms with Gasteiger partial charge in [0.25, 0.3) is 11.5 Å². The fourth-order valence-electron chi connectivity index (χ4n) is 3.85. The molecule has 0 N–H and O–H groups in total. The van der Waals surface area contributed by atoms with Gasteiger partial charge in [-0.25, -0.2) is 4.99 Å². The highest BCUT2D eigenvalue weighted by molar-refractivity contribution is 8.13. The summed E-state index contributed by atoms with van der Waals surface area (Å²) in [5.41, 5.74) is 2.49. The van der Waals surface area contributed by atoms with Gasteiger partial charge in [-0.2, -0.15) is 9.78 Å². The van der Waals surface area contributed by atoms with Crippen molar-refractivity contribution in [3.8, 4) is 5.69 Å². The van der Waals surface area contributed by atoms with Crippen LogP contribution in [0, 0.1) is 6.92 Å². The number of aromatic nitrogens is 2. The molecule has 0 unspecified atom stereocenters. The molecule has 33 heavy (non-hydrogen) atoms. The summed E-state index contributed by atoms with van der Waals surface area (Å²) in [5.74, 6) is 0.641. The standard InChI is InChI=1S/C26H22N4O2S/c1-18-10-5-8-15-22(18)27-26-29(16-9-17-33-26)25(32)23-20-13-6-7-14-21(20)24(31)30(28-23)19-11-3-2-4-12-19/h2-8,10-15H,9,16-17H2,1H3. The minimum Gasteiger partial charge on any atom is -0.286 e. The quantitative estimate of drug-likeness (QED) is 0.439. The van der Waals surface area contributed by atoms with Crippen LogP contribution in [0.25, 0.3) is 16.5 Å². The normalized spacial score (nSPS) is 15.2. The second-order valence-electron chi connectivity index (χ2n) is 7.79. The number of nitrogens with zero attached hydrogens (tertiary/aromatic N) is 4. The van der Waals surface area contributed by atoms with Crippen molar-refractivity contribution < 1.29 is 4.79 Å². The van der Waals surface area contributed by atoms with Gasteiger partial charge in [-0.15, -0.1) is 0 Å². The number of para-hydroxylation sites is 2. The van der Waals surface area contributed by atoms with Crippen LogP contribution in [0.1, 0.15) is 22.5 Å². The molecule has 5 rings (SSSR count). The van der Waals surface area contributed by atoms with Crippen LogP contribution in [-0.4, -0.2) is 38.1 Å². The molecule has 0 saturated carbocycles. The number of aryl methyl sites for hydroxylation is 1. The van der Waals surface area contributed by atoms with E-state index in [2.05, 4.69) is 5.10 Å². The zero-order valence-corrected chi connectivity index (χ0v) is 19.0. The Labute approximate surface area is 195 Å². The van der Waals surface area contributed by atoms with Crippen LogP contribution >= 0.6 is 11.8 Å². The van der Waals surface area contributed by atoms with Crippen LogP contribution in [0.15, 0.2) is 88.6 Å². The minimum absolute atomic E-state index is 0.244. The Morgan fingerprint density at radius 2 is 1.64 bits per heavy atom. The average molecular weight is 455 g/mol. The molecule has 0 aliphatic carbocycles. The number of hydrogen-bond acceptors (Lipinski definition) is 5. The van der Waals surface area contributed by atoms with Crippen molar-refractivity contribution in [2.75, 3.05) is 12.3 Å². The van der Waals surface area contributed by atoms with Crippen LogP contribution in [0.2, 0.25) is 0 Å². The molecule has 6 nitrogen and oxygen atoms in total. The third-order valence-electron chi connectivity index (χ3n) is 5.57. The van der Waals surface area contributed by atoms with Gasteiger partial charge in [0.05, 0.1) is 16.8 Å². The van der Waals surface area contributed by atoms with Gasteiger partial charge in [-0.1, -0.05) is 66.4 Å². The molecule has 7 heteroatoms. The number of rotatable bonds is 3. The highest BCUT2D eigenvalue weighted by Crippen LogP contribution is 2.27. The summed E-state index contributed by atoms with van der Waals surface area (Å²) < 4.78 is 1.31. The third kappa shape index (κ3) is 4.07. The largest absolute Gasteiger partial charge is 0.286 e. The number of benzene rings is 3. The highest BCUT2D eigenvalue weighted by atomic mass is 32.2. The van der Waals surface area contributed by atoms with Gasteiger partial charge in [0, 0.05) is 17.7 Å². The third-order valence-corrected chi connectivity index (χ3v) is 6.64. The summed E-state index contributed by atoms with van der Waals surface area (Å²) in [7, 11) is 0. The number of fused-ring (bicyclic) bond motifs is 1. The lowest BCUT2D eigenvalue weighted by molar-refractivity contribution is 0.0844. The number of carbonyl (C=O) groups excluding carboxylic acids is 1. The first-order valence-corrected chi connectivity index (χ1v) is 11.8. The number of aliphatic imine (C=N–C) groups is 1. The lowest BCUT2D eigenvalue weighted by atomic mass is 10.1. The van der Waals surface area contributed by atoms with Crippen molar-refractivity contribution in [3.05, 3.63) is 100 Å². The maximum atomic E-state index is 13.8. The molecule has 3 aromatic carbocycles. The zero-order chi connectivity index (χ0) is 22.8. The molecule has 1 aliphatic heterocycles. The Bertz CT molecular complexity index is 1430. The molecule has 0 bridgehead atoms. The SMILES string of the molecule is Cc1ccccc1N=C1SCCCN1C(=O)c1nn(-c2ccccc2)c(=O)c2ccccc12. The molecule has 0 radical (unpaired) electrons. The number of amidine groups is 1. The van der Waals surface area contributed by atoms with Gasteiger partial charge in [-0.05, 0) is 43.2 Å². The Balaban J connectivity index is 1.65. The molecule has 1 saturated heterocycles. The van der Waals surface area contributed by atoms with E-state index in [1.54, 1.807) is 47.0 Å². The second kappa shape index (κ2) is 9.03. The van der Waals surface area contributed by atoms with Gasteiger partial charge in [-0.3, -0.25) is 14.5 Å². The summed E-state index contributed by atoms with van der Waals surface area (Å²) in [6, 6.07) is 24.2. The van der Waals surface area contributed by atoms with Crippen LogP contribution in [0.3, 0.4) is 0 Å². The lowest BCUT2D eigenvalue weighted by Gasteiger charge is -2.28. The Morgan fingerprint density at radius 3 is 2.42 bits per heavy atom. The van der Waals surface area contributed by atoms with Gasteiger partial charge < -0.3 is 0 Å². The summed E-state index contributed by atoms with van der Waals surface area (Å²) in [5, 5.41) is 6.22.